The minimum absolute atomic E-state index is 0.448. The number of nitrogens with zero attached hydrogens (tertiary/aromatic N) is 3. The van der Waals surface area contributed by atoms with E-state index in [-0.39, 0.29) is 0 Å². The van der Waals surface area contributed by atoms with Gasteiger partial charge < -0.3 is 15.8 Å². The third-order valence-electron chi connectivity index (χ3n) is 3.33. The van der Waals surface area contributed by atoms with E-state index in [2.05, 4.69) is 20.3 Å². The Bertz CT molecular complexity index is 613. The normalized spacial score (nSPS) is 14.0. The third-order valence-corrected chi connectivity index (χ3v) is 3.33. The van der Waals surface area contributed by atoms with Crippen LogP contribution in [-0.4, -0.2) is 21.6 Å². The zero-order chi connectivity index (χ0) is 14.7. The summed E-state index contributed by atoms with van der Waals surface area (Å²) in [5.74, 6) is 2.38. The Morgan fingerprint density at radius 1 is 1.38 bits per heavy atom. The molecule has 6 nitrogen and oxygen atoms in total. The Balaban J connectivity index is 1.82. The van der Waals surface area contributed by atoms with Crippen LogP contribution in [0.25, 0.3) is 0 Å². The fourth-order valence-electron chi connectivity index (χ4n) is 2.06. The summed E-state index contributed by atoms with van der Waals surface area (Å²) >= 11 is 0. The molecular weight excluding hydrogens is 266 g/mol. The van der Waals surface area contributed by atoms with E-state index in [9.17, 15) is 0 Å². The van der Waals surface area contributed by atoms with Crippen LogP contribution in [-0.2, 0) is 6.54 Å². The molecule has 0 radical (unpaired) electrons. The van der Waals surface area contributed by atoms with E-state index in [0.717, 1.165) is 24.2 Å². The van der Waals surface area contributed by atoms with Crippen LogP contribution in [0.5, 0.6) is 5.88 Å². The van der Waals surface area contributed by atoms with E-state index < -0.39 is 0 Å². The minimum Gasteiger partial charge on any atom is -0.476 e. The smallest absolute Gasteiger partial charge is 0.242 e. The van der Waals surface area contributed by atoms with Gasteiger partial charge >= 0.3 is 0 Å². The van der Waals surface area contributed by atoms with Crippen molar-refractivity contribution in [3.05, 3.63) is 35.9 Å². The van der Waals surface area contributed by atoms with Crippen LogP contribution in [0.15, 0.2) is 24.5 Å². The van der Waals surface area contributed by atoms with Crippen molar-refractivity contribution in [3.8, 4) is 5.88 Å². The van der Waals surface area contributed by atoms with Gasteiger partial charge in [-0.2, -0.15) is 4.98 Å². The predicted molar refractivity (Wildman–Crippen MR) is 81.2 cm³/mol. The van der Waals surface area contributed by atoms with Crippen molar-refractivity contribution in [2.45, 2.75) is 32.2 Å². The average Bonchev–Trinajstić information content (AvgIpc) is 3.34. The Kier molecular flexibility index (Phi) is 3.85. The van der Waals surface area contributed by atoms with Crippen molar-refractivity contribution in [1.29, 1.82) is 0 Å². The van der Waals surface area contributed by atoms with E-state index in [1.54, 1.807) is 6.20 Å². The first-order valence-electron chi connectivity index (χ1n) is 7.21. The summed E-state index contributed by atoms with van der Waals surface area (Å²) in [5, 5.41) is 3.25. The predicted octanol–water partition coefficient (Wildman–Crippen LogP) is 2.34. The Hall–Kier alpha value is -2.37. The molecule has 3 rings (SSSR count). The molecule has 2 heterocycles. The second kappa shape index (κ2) is 5.95. The van der Waals surface area contributed by atoms with Crippen LogP contribution >= 0.6 is 0 Å². The first kappa shape index (κ1) is 13.6. The summed E-state index contributed by atoms with van der Waals surface area (Å²) in [6, 6.07) is 3.91. The monoisotopic (exact) mass is 285 g/mol. The lowest BCUT2D eigenvalue weighted by molar-refractivity contribution is 0.327. The number of hydrogen-bond donors (Lipinski definition) is 2. The maximum Gasteiger partial charge on any atom is 0.242 e. The summed E-state index contributed by atoms with van der Waals surface area (Å²) in [6.07, 6.45) is 5.84. The molecule has 0 bridgehead atoms. The van der Waals surface area contributed by atoms with E-state index in [1.807, 2.05) is 25.3 Å². The second-order valence-corrected chi connectivity index (χ2v) is 5.07. The summed E-state index contributed by atoms with van der Waals surface area (Å²) in [7, 11) is 0. The van der Waals surface area contributed by atoms with E-state index in [1.165, 1.54) is 0 Å². The van der Waals surface area contributed by atoms with Gasteiger partial charge in [0.15, 0.2) is 5.82 Å². The van der Waals surface area contributed by atoms with Gasteiger partial charge in [0.25, 0.3) is 0 Å². The molecule has 110 valence electrons. The molecule has 1 aliphatic rings. The van der Waals surface area contributed by atoms with Crippen LogP contribution in [0, 0.1) is 0 Å². The van der Waals surface area contributed by atoms with Crippen LogP contribution in [0.2, 0.25) is 0 Å². The fraction of sp³-hybridized carbons (Fsp3) is 0.400. The number of hydrogen-bond acceptors (Lipinski definition) is 6. The molecule has 0 atom stereocenters. The molecule has 3 N–H and O–H groups in total. The number of nitrogen functional groups attached to an aromatic ring is 1. The fourth-order valence-corrected chi connectivity index (χ4v) is 2.06. The Morgan fingerprint density at radius 2 is 2.24 bits per heavy atom. The summed E-state index contributed by atoms with van der Waals surface area (Å²) in [6.45, 7) is 3.07. The molecule has 1 fully saturated rings. The van der Waals surface area contributed by atoms with Gasteiger partial charge in [-0.15, -0.1) is 0 Å². The van der Waals surface area contributed by atoms with Gasteiger partial charge in [-0.1, -0.05) is 6.07 Å². The first-order valence-corrected chi connectivity index (χ1v) is 7.21. The number of pyridine rings is 1. The molecule has 0 saturated heterocycles. The standard InChI is InChI=1S/C15H19N5O/c1-2-21-15-12(16)14(19-13(20-15)11-5-6-11)18-9-10-4-3-7-17-8-10/h3-4,7-8,11H,2,5-6,9,16H2,1H3,(H,18,19,20). The van der Waals surface area contributed by atoms with Crippen molar-refractivity contribution in [3.63, 3.8) is 0 Å². The Morgan fingerprint density at radius 3 is 2.90 bits per heavy atom. The largest absolute Gasteiger partial charge is 0.476 e. The zero-order valence-electron chi connectivity index (χ0n) is 12.0. The van der Waals surface area contributed by atoms with Crippen molar-refractivity contribution < 1.29 is 4.74 Å². The summed E-state index contributed by atoms with van der Waals surface area (Å²) in [5.41, 5.74) is 7.63. The summed E-state index contributed by atoms with van der Waals surface area (Å²) in [4.78, 5) is 13.1. The highest BCUT2D eigenvalue weighted by molar-refractivity contribution is 5.67. The Labute approximate surface area is 123 Å². The molecule has 2 aromatic rings. The van der Waals surface area contributed by atoms with E-state index >= 15 is 0 Å². The molecule has 0 spiro atoms. The quantitative estimate of drug-likeness (QED) is 0.847. The molecule has 1 saturated carbocycles. The lowest BCUT2D eigenvalue weighted by Gasteiger charge is -2.13. The molecular formula is C15H19N5O. The van der Waals surface area contributed by atoms with Crippen molar-refractivity contribution in [1.82, 2.24) is 15.0 Å². The number of rotatable bonds is 6. The van der Waals surface area contributed by atoms with Crippen molar-refractivity contribution >= 4 is 11.5 Å². The van der Waals surface area contributed by atoms with Crippen LogP contribution in [0.4, 0.5) is 11.5 Å². The number of anilines is 2. The van der Waals surface area contributed by atoms with Gasteiger partial charge in [0.05, 0.1) is 6.61 Å². The molecule has 0 aliphatic heterocycles. The number of nitrogens with two attached hydrogens (primary N) is 1. The number of ether oxygens (including phenoxy) is 1. The van der Waals surface area contributed by atoms with Crippen LogP contribution in [0.3, 0.4) is 0 Å². The lowest BCUT2D eigenvalue weighted by Crippen LogP contribution is -2.10. The van der Waals surface area contributed by atoms with Crippen LogP contribution in [0.1, 0.15) is 37.1 Å². The molecule has 0 unspecified atom stereocenters. The number of aromatic nitrogens is 3. The molecule has 2 aromatic heterocycles. The van der Waals surface area contributed by atoms with Gasteiger partial charge in [0.2, 0.25) is 5.88 Å². The number of nitrogens with one attached hydrogen (secondary N) is 1. The van der Waals surface area contributed by atoms with Gasteiger partial charge in [-0.05, 0) is 31.4 Å². The van der Waals surface area contributed by atoms with Crippen LogP contribution < -0.4 is 15.8 Å². The molecule has 6 heteroatoms. The topological polar surface area (TPSA) is 86.0 Å². The molecule has 0 amide bonds. The zero-order valence-corrected chi connectivity index (χ0v) is 12.0. The second-order valence-electron chi connectivity index (χ2n) is 5.07. The van der Waals surface area contributed by atoms with Gasteiger partial charge in [0.1, 0.15) is 11.5 Å². The minimum atomic E-state index is 0.448. The molecule has 1 aliphatic carbocycles. The highest BCUT2D eigenvalue weighted by Gasteiger charge is 2.28. The molecule has 21 heavy (non-hydrogen) atoms. The lowest BCUT2D eigenvalue weighted by atomic mass is 10.3. The summed E-state index contributed by atoms with van der Waals surface area (Å²) < 4.78 is 5.52. The van der Waals surface area contributed by atoms with Gasteiger partial charge in [-0.3, -0.25) is 4.98 Å². The van der Waals surface area contributed by atoms with Gasteiger partial charge in [-0.25, -0.2) is 4.98 Å². The molecule has 0 aromatic carbocycles. The maximum absolute atomic E-state index is 6.09. The highest BCUT2D eigenvalue weighted by atomic mass is 16.5. The highest BCUT2D eigenvalue weighted by Crippen LogP contribution is 2.40. The SMILES string of the molecule is CCOc1nc(C2CC2)nc(NCc2cccnc2)c1N. The third kappa shape index (κ3) is 3.21. The van der Waals surface area contributed by atoms with E-state index in [0.29, 0.717) is 36.5 Å². The van der Waals surface area contributed by atoms with E-state index in [4.69, 9.17) is 10.5 Å². The average molecular weight is 285 g/mol. The maximum atomic E-state index is 6.09. The van der Waals surface area contributed by atoms with Crippen molar-refractivity contribution in [2.24, 2.45) is 0 Å². The van der Waals surface area contributed by atoms with Crippen molar-refractivity contribution in [2.75, 3.05) is 17.7 Å². The van der Waals surface area contributed by atoms with Gasteiger partial charge in [0, 0.05) is 24.9 Å². The first-order chi connectivity index (χ1) is 10.3.